The van der Waals surface area contributed by atoms with E-state index in [0.29, 0.717) is 5.56 Å². The number of aromatic amines is 2. The molecule has 5 aromatic carbocycles. The maximum atomic E-state index is 12.9. The number of carbonyl (C=O) groups excluding carboxylic acids is 1. The molecule has 0 spiro atoms. The Balaban J connectivity index is 1.47. The summed E-state index contributed by atoms with van der Waals surface area (Å²) >= 11 is 0. The Hall–Kier alpha value is -7.30. The number of rotatable bonds is 5. The fourth-order valence-corrected chi connectivity index (χ4v) is 8.12. The molecule has 4 heterocycles. The molecule has 8 aromatic rings. The van der Waals surface area contributed by atoms with Gasteiger partial charge in [0.2, 0.25) is 0 Å². The summed E-state index contributed by atoms with van der Waals surface area (Å²) in [7, 11) is 0. The van der Waals surface area contributed by atoms with Crippen LogP contribution in [0.15, 0.2) is 170 Å². The second-order valence-electron chi connectivity index (χ2n) is 13.6. The molecule has 0 saturated heterocycles. The monoisotopic (exact) mass is 691 g/mol. The zero-order valence-electron chi connectivity index (χ0n) is 29.3. The van der Waals surface area contributed by atoms with E-state index in [0.717, 1.165) is 107 Å². The van der Waals surface area contributed by atoms with E-state index in [4.69, 9.17) is 4.98 Å². The summed E-state index contributed by atoms with van der Waals surface area (Å²) in [6, 6.07) is 58.9. The fraction of sp³-hybridized carbons (Fsp3) is 0. The highest BCUT2D eigenvalue weighted by Crippen LogP contribution is 2.50. The van der Waals surface area contributed by atoms with Gasteiger partial charge in [-0.2, -0.15) is 0 Å². The van der Waals surface area contributed by atoms with Crippen LogP contribution >= 0.6 is 0 Å². The molecule has 2 aliphatic rings. The first-order valence-corrected chi connectivity index (χ1v) is 18.2. The third kappa shape index (κ3) is 5.23. The van der Waals surface area contributed by atoms with Gasteiger partial charge in [0.15, 0.2) is 6.29 Å². The number of aromatic nitrogens is 3. The smallest absolute Gasteiger partial charge is 0.150 e. The third-order valence-electron chi connectivity index (χ3n) is 10.5. The summed E-state index contributed by atoms with van der Waals surface area (Å²) in [5.74, 6) is 0. The highest BCUT2D eigenvalue weighted by molar-refractivity contribution is 6.11. The first-order valence-electron chi connectivity index (χ1n) is 18.2. The quantitative estimate of drug-likeness (QED) is 0.177. The van der Waals surface area contributed by atoms with Crippen LogP contribution in [0.5, 0.6) is 0 Å². The number of hydrogen-bond donors (Lipinski definition) is 2. The van der Waals surface area contributed by atoms with Gasteiger partial charge in [-0.05, 0) is 81.4 Å². The van der Waals surface area contributed by atoms with Gasteiger partial charge in [0.25, 0.3) is 0 Å². The van der Waals surface area contributed by atoms with E-state index < -0.39 is 0 Å². The second kappa shape index (κ2) is 13.0. The van der Waals surface area contributed by atoms with Crippen LogP contribution in [0.2, 0.25) is 0 Å². The molecule has 1 aliphatic heterocycles. The van der Waals surface area contributed by atoms with E-state index in [2.05, 4.69) is 156 Å². The van der Waals surface area contributed by atoms with Crippen molar-refractivity contribution in [1.82, 2.24) is 15.0 Å². The highest BCUT2D eigenvalue weighted by atomic mass is 16.1. The van der Waals surface area contributed by atoms with Gasteiger partial charge in [-0.3, -0.25) is 4.79 Å². The summed E-state index contributed by atoms with van der Waals surface area (Å²) in [5, 5.41) is 0. The highest BCUT2D eigenvalue weighted by Gasteiger charge is 2.26. The van der Waals surface area contributed by atoms with Crippen molar-refractivity contribution < 1.29 is 4.79 Å². The van der Waals surface area contributed by atoms with Gasteiger partial charge < -0.3 is 9.97 Å². The Morgan fingerprint density at radius 3 is 1.22 bits per heavy atom. The Labute approximate surface area is 312 Å². The molecule has 4 heteroatoms. The molecule has 4 nitrogen and oxygen atoms in total. The zero-order chi connectivity index (χ0) is 36.0. The molecule has 3 aromatic heterocycles. The minimum absolute atomic E-state index is 0.649. The van der Waals surface area contributed by atoms with E-state index in [-0.39, 0.29) is 0 Å². The molecular formula is C50H33N3O. The van der Waals surface area contributed by atoms with Crippen molar-refractivity contribution in [3.63, 3.8) is 0 Å². The maximum Gasteiger partial charge on any atom is 0.150 e. The molecule has 0 fully saturated rings. The van der Waals surface area contributed by atoms with Crippen LogP contribution in [-0.2, 0) is 0 Å². The van der Waals surface area contributed by atoms with Gasteiger partial charge in [-0.25, -0.2) is 4.98 Å². The summed E-state index contributed by atoms with van der Waals surface area (Å²) in [5.41, 5.74) is 18.6. The number of carbonyl (C=O) groups is 1. The molecule has 0 unspecified atom stereocenters. The van der Waals surface area contributed by atoms with Crippen LogP contribution in [0.25, 0.3) is 101 Å². The van der Waals surface area contributed by atoms with Crippen molar-refractivity contribution in [1.29, 1.82) is 0 Å². The molecule has 1 aliphatic carbocycles. The summed E-state index contributed by atoms with van der Waals surface area (Å²) in [6.45, 7) is 0. The molecule has 8 bridgehead atoms. The summed E-state index contributed by atoms with van der Waals surface area (Å²) in [6.07, 6.45) is 5.24. The van der Waals surface area contributed by atoms with Crippen LogP contribution in [0.1, 0.15) is 21.7 Å². The molecule has 0 atom stereocenters. The summed E-state index contributed by atoms with van der Waals surface area (Å²) in [4.78, 5) is 26.0. The van der Waals surface area contributed by atoms with Crippen molar-refractivity contribution in [2.75, 3.05) is 0 Å². The van der Waals surface area contributed by atoms with Gasteiger partial charge in [-0.15, -0.1) is 0 Å². The lowest BCUT2D eigenvalue weighted by Crippen LogP contribution is -1.90. The van der Waals surface area contributed by atoms with E-state index in [9.17, 15) is 4.79 Å². The van der Waals surface area contributed by atoms with E-state index in [1.807, 2.05) is 36.4 Å². The third-order valence-corrected chi connectivity index (χ3v) is 10.5. The number of fused-ring (bicyclic) bond motifs is 11. The fourth-order valence-electron chi connectivity index (χ4n) is 8.12. The number of aldehydes is 1. The van der Waals surface area contributed by atoms with Gasteiger partial charge >= 0.3 is 0 Å². The van der Waals surface area contributed by atoms with Crippen molar-refractivity contribution in [2.24, 2.45) is 0 Å². The van der Waals surface area contributed by atoms with Gasteiger partial charge in [-0.1, -0.05) is 140 Å². The molecule has 2 N–H and O–H groups in total. The van der Waals surface area contributed by atoms with Crippen LogP contribution < -0.4 is 0 Å². The van der Waals surface area contributed by atoms with Gasteiger partial charge in [0, 0.05) is 55.4 Å². The summed E-state index contributed by atoms with van der Waals surface area (Å²) < 4.78 is 0. The minimum atomic E-state index is 0.649. The SMILES string of the molecule is O=Cc1cccc2c1-c1cc-2c(-c2ccccc2)c2ccc([nH]2)c(-c2ccccc2)c2nc(c(-c3ccccc3)c3ccc([nH]3)c1-c1ccccc1)C=C2. The lowest BCUT2D eigenvalue weighted by atomic mass is 9.92. The Morgan fingerprint density at radius 1 is 0.370 bits per heavy atom. The normalized spacial score (nSPS) is 11.7. The van der Waals surface area contributed by atoms with E-state index in [1.165, 1.54) is 0 Å². The lowest BCUT2D eigenvalue weighted by molar-refractivity contribution is 0.112. The number of benzene rings is 5. The standard InChI is InChI=1S/C50H33N3O/c54-31-36-22-13-23-37-38-30-39(46(36)37)48(33-16-7-2-8-17-33)41-25-27-43(52-41)50(35-20-11-4-12-21-35)45-29-28-44(53-45)49(34-18-9-3-10-19-34)42-26-24-40(51-42)47(38)32-14-5-1-6-15-32/h1-31,51-52H. The average molecular weight is 692 g/mol. The second-order valence-corrected chi connectivity index (χ2v) is 13.6. The van der Waals surface area contributed by atoms with Crippen LogP contribution in [0.4, 0.5) is 0 Å². The largest absolute Gasteiger partial charge is 0.354 e. The van der Waals surface area contributed by atoms with Crippen molar-refractivity contribution in [3.05, 3.63) is 187 Å². The predicted molar refractivity (Wildman–Crippen MR) is 224 cm³/mol. The van der Waals surface area contributed by atoms with Crippen LogP contribution in [0, 0.1) is 0 Å². The van der Waals surface area contributed by atoms with Crippen LogP contribution in [0.3, 0.4) is 0 Å². The van der Waals surface area contributed by atoms with E-state index in [1.54, 1.807) is 0 Å². The van der Waals surface area contributed by atoms with Crippen molar-refractivity contribution in [2.45, 2.75) is 0 Å². The first kappa shape index (κ1) is 31.4. The van der Waals surface area contributed by atoms with E-state index >= 15 is 0 Å². The van der Waals surface area contributed by atoms with Crippen LogP contribution in [-0.4, -0.2) is 21.2 Å². The molecule has 0 saturated carbocycles. The number of nitrogens with one attached hydrogen (secondary N) is 2. The Morgan fingerprint density at radius 2 is 0.778 bits per heavy atom. The Kier molecular flexibility index (Phi) is 7.59. The predicted octanol–water partition coefficient (Wildman–Crippen LogP) is 12.9. The molecular weight excluding hydrogens is 659 g/mol. The number of hydrogen-bond acceptors (Lipinski definition) is 2. The maximum absolute atomic E-state index is 12.9. The molecule has 54 heavy (non-hydrogen) atoms. The Bertz CT molecular complexity index is 2920. The molecule has 0 amide bonds. The number of H-pyrrole nitrogens is 2. The van der Waals surface area contributed by atoms with Crippen molar-refractivity contribution in [3.8, 4) is 66.8 Å². The first-order chi connectivity index (χ1) is 26.7. The van der Waals surface area contributed by atoms with Gasteiger partial charge in [0.1, 0.15) is 0 Å². The van der Waals surface area contributed by atoms with Crippen molar-refractivity contribution >= 4 is 40.5 Å². The lowest BCUT2D eigenvalue weighted by Gasteiger charge is -2.11. The average Bonchev–Trinajstić information content (AvgIpc) is 4.06. The van der Waals surface area contributed by atoms with Gasteiger partial charge in [0.05, 0.1) is 11.4 Å². The zero-order valence-corrected chi connectivity index (χ0v) is 29.3. The number of nitrogens with zero attached hydrogens (tertiary/aromatic N) is 1. The topological polar surface area (TPSA) is 61.5 Å². The molecule has 10 rings (SSSR count). The molecule has 0 radical (unpaired) electrons. The minimum Gasteiger partial charge on any atom is -0.354 e. The molecule has 254 valence electrons.